The van der Waals surface area contributed by atoms with Crippen LogP contribution in [0.4, 0.5) is 0 Å². The quantitative estimate of drug-likeness (QED) is 0.257. The maximum absolute atomic E-state index is 14.0. The lowest BCUT2D eigenvalue weighted by Gasteiger charge is -2.45. The minimum absolute atomic E-state index is 0.164. The van der Waals surface area contributed by atoms with Crippen LogP contribution in [-0.4, -0.2) is 97.7 Å². The predicted octanol–water partition coefficient (Wildman–Crippen LogP) is -0.518. The molecule has 2 amide bonds. The van der Waals surface area contributed by atoms with Crippen molar-refractivity contribution < 1.29 is 24.6 Å². The van der Waals surface area contributed by atoms with E-state index in [9.17, 15) is 24.6 Å². The SMILES string of the molecule is NC(=O)[C@](NC(Cc1cccnc1)C(=O)N1CCC(O)CC1)(C(=O)c1cccnc1)N1CCC(O)CC1. The van der Waals surface area contributed by atoms with Gasteiger partial charge in [0, 0.05) is 56.5 Å². The van der Waals surface area contributed by atoms with Gasteiger partial charge in [0.25, 0.3) is 5.91 Å². The topological polar surface area (TPSA) is 162 Å². The van der Waals surface area contributed by atoms with Crippen LogP contribution in [0.2, 0.25) is 0 Å². The number of carbonyl (C=O) groups is 3. The van der Waals surface area contributed by atoms with Gasteiger partial charge in [-0.2, -0.15) is 0 Å². The van der Waals surface area contributed by atoms with Gasteiger partial charge in [0.05, 0.1) is 18.2 Å². The van der Waals surface area contributed by atoms with E-state index in [2.05, 4.69) is 15.3 Å². The summed E-state index contributed by atoms with van der Waals surface area (Å²) in [5.41, 5.74) is 4.87. The van der Waals surface area contributed by atoms with Gasteiger partial charge in [0.1, 0.15) is 0 Å². The van der Waals surface area contributed by atoms with Crippen LogP contribution in [0.15, 0.2) is 49.1 Å². The van der Waals surface area contributed by atoms with Gasteiger partial charge >= 0.3 is 0 Å². The smallest absolute Gasteiger partial charge is 0.261 e. The molecule has 0 radical (unpaired) electrons. The van der Waals surface area contributed by atoms with Crippen LogP contribution in [-0.2, 0) is 16.0 Å². The van der Waals surface area contributed by atoms with E-state index in [1.807, 2.05) is 6.07 Å². The van der Waals surface area contributed by atoms with Crippen LogP contribution >= 0.6 is 0 Å². The maximum Gasteiger partial charge on any atom is 0.261 e. The zero-order valence-electron chi connectivity index (χ0n) is 20.7. The summed E-state index contributed by atoms with van der Waals surface area (Å²) in [6.45, 7) is 1.18. The molecule has 2 atom stereocenters. The van der Waals surface area contributed by atoms with Crippen LogP contribution in [0.5, 0.6) is 0 Å². The van der Waals surface area contributed by atoms with E-state index in [1.54, 1.807) is 40.4 Å². The number of aromatic nitrogens is 2. The molecular weight excluding hydrogens is 476 g/mol. The van der Waals surface area contributed by atoms with Crippen molar-refractivity contribution in [3.05, 3.63) is 60.2 Å². The largest absolute Gasteiger partial charge is 0.393 e. The highest BCUT2D eigenvalue weighted by Gasteiger charge is 2.53. The number of ketones is 1. The molecule has 198 valence electrons. The maximum atomic E-state index is 14.0. The lowest BCUT2D eigenvalue weighted by molar-refractivity contribution is -0.139. The number of aliphatic hydroxyl groups excluding tert-OH is 2. The number of likely N-dealkylation sites (tertiary alicyclic amines) is 2. The van der Waals surface area contributed by atoms with Crippen molar-refractivity contribution in [3.8, 4) is 0 Å². The Morgan fingerprint density at radius 1 is 0.973 bits per heavy atom. The van der Waals surface area contributed by atoms with Gasteiger partial charge in [0.15, 0.2) is 0 Å². The van der Waals surface area contributed by atoms with Crippen molar-refractivity contribution in [2.45, 2.75) is 56.0 Å². The molecule has 2 aliphatic heterocycles. The average molecular weight is 511 g/mol. The second-order valence-corrected chi connectivity index (χ2v) is 9.68. The van der Waals surface area contributed by atoms with Crippen LogP contribution < -0.4 is 11.1 Å². The third kappa shape index (κ3) is 6.02. The highest BCUT2D eigenvalue weighted by atomic mass is 16.3. The molecule has 11 nitrogen and oxygen atoms in total. The van der Waals surface area contributed by atoms with Gasteiger partial charge in [-0.25, -0.2) is 0 Å². The highest BCUT2D eigenvalue weighted by Crippen LogP contribution is 2.26. The number of piperidine rings is 2. The highest BCUT2D eigenvalue weighted by molar-refractivity contribution is 6.17. The number of Topliss-reactive ketones (excluding diaryl/α,β-unsaturated/α-hetero) is 1. The molecule has 1 unspecified atom stereocenters. The van der Waals surface area contributed by atoms with Gasteiger partial charge in [0.2, 0.25) is 17.4 Å². The summed E-state index contributed by atoms with van der Waals surface area (Å²) >= 11 is 0. The molecule has 11 heteroatoms. The number of nitrogens with zero attached hydrogens (tertiary/aromatic N) is 4. The zero-order valence-corrected chi connectivity index (χ0v) is 20.7. The molecule has 0 aliphatic carbocycles. The first-order valence-electron chi connectivity index (χ1n) is 12.6. The summed E-state index contributed by atoms with van der Waals surface area (Å²) in [5, 5.41) is 23.1. The Bertz CT molecular complexity index is 1070. The van der Waals surface area contributed by atoms with Crippen LogP contribution in [0.3, 0.4) is 0 Å². The molecule has 37 heavy (non-hydrogen) atoms. The summed E-state index contributed by atoms with van der Waals surface area (Å²) < 4.78 is 0. The van der Waals surface area contributed by atoms with Crippen LogP contribution in [0.1, 0.15) is 41.6 Å². The lowest BCUT2D eigenvalue weighted by Crippen LogP contribution is -2.75. The Balaban J connectivity index is 1.74. The van der Waals surface area contributed by atoms with E-state index in [-0.39, 0.29) is 31.0 Å². The fraction of sp³-hybridized carbons (Fsp3) is 0.500. The van der Waals surface area contributed by atoms with Gasteiger partial charge in [-0.15, -0.1) is 0 Å². The normalized spacial score (nSPS) is 20.2. The minimum atomic E-state index is -2.04. The van der Waals surface area contributed by atoms with Crippen LogP contribution in [0, 0.1) is 0 Å². The molecule has 2 aromatic rings. The molecule has 2 fully saturated rings. The fourth-order valence-electron chi connectivity index (χ4n) is 5.06. The molecule has 0 bridgehead atoms. The number of rotatable bonds is 9. The number of nitrogens with one attached hydrogen (secondary N) is 1. The summed E-state index contributed by atoms with van der Waals surface area (Å²) in [7, 11) is 0. The van der Waals surface area contributed by atoms with Crippen molar-refractivity contribution in [1.29, 1.82) is 0 Å². The van der Waals surface area contributed by atoms with E-state index >= 15 is 0 Å². The van der Waals surface area contributed by atoms with Crippen molar-refractivity contribution in [3.63, 3.8) is 0 Å². The number of aliphatic hydroxyl groups is 2. The Labute approximate surface area is 215 Å². The van der Waals surface area contributed by atoms with Gasteiger partial charge in [-0.05, 0) is 55.9 Å². The first kappa shape index (κ1) is 26.8. The molecule has 0 spiro atoms. The number of nitrogens with two attached hydrogens (primary N) is 1. The van der Waals surface area contributed by atoms with E-state index in [0.717, 1.165) is 5.56 Å². The number of primary amides is 1. The molecule has 2 saturated heterocycles. The Morgan fingerprint density at radius 2 is 1.57 bits per heavy atom. The van der Waals surface area contributed by atoms with E-state index in [0.29, 0.717) is 38.8 Å². The monoisotopic (exact) mass is 510 g/mol. The molecule has 2 aromatic heterocycles. The van der Waals surface area contributed by atoms with Crippen molar-refractivity contribution in [2.75, 3.05) is 26.2 Å². The number of amides is 2. The molecule has 4 rings (SSSR count). The number of hydrogen-bond acceptors (Lipinski definition) is 9. The first-order chi connectivity index (χ1) is 17.8. The third-order valence-electron chi connectivity index (χ3n) is 7.17. The summed E-state index contributed by atoms with van der Waals surface area (Å²) in [6.07, 6.45) is 6.88. The molecule has 4 heterocycles. The Hall–Kier alpha value is -3.25. The van der Waals surface area contributed by atoms with Crippen molar-refractivity contribution in [2.24, 2.45) is 5.73 Å². The summed E-state index contributed by atoms with van der Waals surface area (Å²) in [4.78, 5) is 52.6. The van der Waals surface area contributed by atoms with Gasteiger partial charge in [-0.3, -0.25) is 34.6 Å². The summed E-state index contributed by atoms with van der Waals surface area (Å²) in [6, 6.07) is 5.73. The van der Waals surface area contributed by atoms with Crippen molar-refractivity contribution >= 4 is 17.6 Å². The first-order valence-corrected chi connectivity index (χ1v) is 12.6. The fourth-order valence-corrected chi connectivity index (χ4v) is 5.06. The minimum Gasteiger partial charge on any atom is -0.393 e. The average Bonchev–Trinajstić information content (AvgIpc) is 2.92. The molecule has 0 saturated carbocycles. The Kier molecular flexibility index (Phi) is 8.59. The predicted molar refractivity (Wildman–Crippen MR) is 134 cm³/mol. The second kappa shape index (κ2) is 11.9. The Morgan fingerprint density at radius 3 is 2.11 bits per heavy atom. The van der Waals surface area contributed by atoms with E-state index in [1.165, 1.54) is 12.4 Å². The standard InChI is InChI=1S/C26H34N6O5/c27-25(37)26(32-13-7-21(34)8-14-32,23(35)19-4-2-10-29-17-19)30-22(15-18-3-1-9-28-16-18)24(36)31-11-5-20(33)6-12-31/h1-4,9-10,16-17,20-22,30,33-34H,5-8,11-15H2,(H2,27,37)/t22?,26-/m0/s1. The van der Waals surface area contributed by atoms with Gasteiger partial charge < -0.3 is 20.8 Å². The third-order valence-corrected chi connectivity index (χ3v) is 7.17. The molecular formula is C26H34N6O5. The number of hydrogen-bond donors (Lipinski definition) is 4. The van der Waals surface area contributed by atoms with Gasteiger partial charge in [-0.1, -0.05) is 6.07 Å². The number of pyridine rings is 2. The lowest BCUT2D eigenvalue weighted by atomic mass is 9.90. The zero-order chi connectivity index (χ0) is 26.4. The van der Waals surface area contributed by atoms with E-state index in [4.69, 9.17) is 5.73 Å². The molecule has 0 aromatic carbocycles. The molecule has 5 N–H and O–H groups in total. The molecule has 2 aliphatic rings. The second-order valence-electron chi connectivity index (χ2n) is 9.68. The van der Waals surface area contributed by atoms with Crippen LogP contribution in [0.25, 0.3) is 0 Å². The van der Waals surface area contributed by atoms with Crippen molar-refractivity contribution in [1.82, 2.24) is 25.1 Å². The van der Waals surface area contributed by atoms with E-state index < -0.39 is 35.6 Å². The number of carbonyl (C=O) groups excluding carboxylic acids is 3. The summed E-state index contributed by atoms with van der Waals surface area (Å²) in [5.74, 6) is -1.84.